The molecule has 2 N–H and O–H groups in total. The molecule has 114 valence electrons. The zero-order valence-electron chi connectivity index (χ0n) is 12.7. The van der Waals surface area contributed by atoms with Crippen molar-refractivity contribution in [2.45, 2.75) is 6.54 Å². The first-order chi connectivity index (χ1) is 9.95. The molecule has 0 aromatic carbocycles. The molecular formula is C13H20N6O2. The summed E-state index contributed by atoms with van der Waals surface area (Å²) in [6.07, 6.45) is 3.00. The van der Waals surface area contributed by atoms with E-state index in [2.05, 4.69) is 10.2 Å². The molecule has 2 heterocycles. The summed E-state index contributed by atoms with van der Waals surface area (Å²) in [5.74, 6) is 0.512. The van der Waals surface area contributed by atoms with Crippen LogP contribution >= 0.6 is 0 Å². The van der Waals surface area contributed by atoms with E-state index in [1.807, 2.05) is 19.0 Å². The first-order valence-electron chi connectivity index (χ1n) is 6.52. The minimum atomic E-state index is -0.242. The van der Waals surface area contributed by atoms with Crippen molar-refractivity contribution >= 4 is 11.6 Å². The summed E-state index contributed by atoms with van der Waals surface area (Å²) >= 11 is 0. The number of carbonyl (C=O) groups excluding carboxylic acids is 1. The molecular weight excluding hydrogens is 272 g/mol. The van der Waals surface area contributed by atoms with Crippen LogP contribution in [0.25, 0.3) is 0 Å². The minimum Gasteiger partial charge on any atom is -0.493 e. The third-order valence-electron chi connectivity index (χ3n) is 3.23. The van der Waals surface area contributed by atoms with Crippen molar-refractivity contribution in [3.8, 4) is 5.75 Å². The fraction of sp³-hybridized carbons (Fsp3) is 0.462. The van der Waals surface area contributed by atoms with Gasteiger partial charge >= 0.3 is 0 Å². The highest BCUT2D eigenvalue weighted by molar-refractivity contribution is 6.12. The highest BCUT2D eigenvalue weighted by Crippen LogP contribution is 2.23. The van der Waals surface area contributed by atoms with Gasteiger partial charge in [0.25, 0.3) is 0 Å². The summed E-state index contributed by atoms with van der Waals surface area (Å²) in [4.78, 5) is 14.7. The fourth-order valence-corrected chi connectivity index (χ4v) is 1.96. The number of ether oxygens (including phenoxy) is 1. The third-order valence-corrected chi connectivity index (χ3v) is 3.23. The average Bonchev–Trinajstić information content (AvgIpc) is 3.00. The van der Waals surface area contributed by atoms with Gasteiger partial charge in [0, 0.05) is 13.6 Å². The first kappa shape index (κ1) is 15.0. The summed E-state index contributed by atoms with van der Waals surface area (Å²) in [5.41, 5.74) is 6.61. The van der Waals surface area contributed by atoms with Gasteiger partial charge in [0.05, 0.1) is 31.6 Å². The second-order valence-corrected chi connectivity index (χ2v) is 4.98. The Labute approximate surface area is 123 Å². The van der Waals surface area contributed by atoms with E-state index in [-0.39, 0.29) is 5.78 Å². The monoisotopic (exact) mass is 292 g/mol. The molecule has 0 amide bonds. The number of ketones is 1. The summed E-state index contributed by atoms with van der Waals surface area (Å²) in [7, 11) is 7.12. The lowest BCUT2D eigenvalue weighted by molar-refractivity contribution is 0.102. The summed E-state index contributed by atoms with van der Waals surface area (Å²) in [6.45, 7) is 1.34. The van der Waals surface area contributed by atoms with Gasteiger partial charge in [-0.05, 0) is 14.1 Å². The maximum absolute atomic E-state index is 12.7. The summed E-state index contributed by atoms with van der Waals surface area (Å²) in [6, 6.07) is 0. The quantitative estimate of drug-likeness (QED) is 0.754. The second kappa shape index (κ2) is 5.96. The Bertz CT molecular complexity index is 643. The van der Waals surface area contributed by atoms with Crippen molar-refractivity contribution in [1.82, 2.24) is 24.5 Å². The number of aryl methyl sites for hydroxylation is 1. The molecule has 0 unspecified atom stereocenters. The Kier molecular flexibility index (Phi) is 4.27. The Balaban J connectivity index is 2.39. The zero-order chi connectivity index (χ0) is 15.6. The van der Waals surface area contributed by atoms with Crippen molar-refractivity contribution in [2.24, 2.45) is 7.05 Å². The van der Waals surface area contributed by atoms with Gasteiger partial charge in [0.15, 0.2) is 11.4 Å². The van der Waals surface area contributed by atoms with E-state index in [1.54, 1.807) is 11.7 Å². The Morgan fingerprint density at radius 3 is 2.62 bits per heavy atom. The van der Waals surface area contributed by atoms with Crippen LogP contribution in [-0.2, 0) is 13.6 Å². The van der Waals surface area contributed by atoms with Crippen molar-refractivity contribution in [2.75, 3.05) is 33.5 Å². The number of likely N-dealkylation sites (N-methyl/N-ethyl adjacent to an activating group) is 1. The van der Waals surface area contributed by atoms with Gasteiger partial charge in [-0.3, -0.25) is 14.2 Å². The zero-order valence-corrected chi connectivity index (χ0v) is 12.7. The standard InChI is InChI=1S/C13H20N6O2/c1-17(2)5-6-19-11(10(21-4)8-16-19)12(20)9-7-15-18(3)13(9)14/h7-8H,5-6,14H2,1-4H3. The summed E-state index contributed by atoms with van der Waals surface area (Å²) < 4.78 is 8.33. The van der Waals surface area contributed by atoms with Crippen LogP contribution in [-0.4, -0.2) is 58.0 Å². The number of nitrogen functional groups attached to an aromatic ring is 1. The number of carbonyl (C=O) groups is 1. The lowest BCUT2D eigenvalue weighted by Crippen LogP contribution is -2.22. The van der Waals surface area contributed by atoms with Crippen LogP contribution in [0.5, 0.6) is 5.75 Å². The number of nitrogens with zero attached hydrogens (tertiary/aromatic N) is 5. The van der Waals surface area contributed by atoms with Crippen molar-refractivity contribution in [3.63, 3.8) is 0 Å². The molecule has 21 heavy (non-hydrogen) atoms. The van der Waals surface area contributed by atoms with Gasteiger partial charge in [-0.1, -0.05) is 0 Å². The fourth-order valence-electron chi connectivity index (χ4n) is 1.96. The molecule has 8 nitrogen and oxygen atoms in total. The second-order valence-electron chi connectivity index (χ2n) is 4.98. The van der Waals surface area contributed by atoms with Gasteiger partial charge < -0.3 is 15.4 Å². The Morgan fingerprint density at radius 2 is 2.10 bits per heavy atom. The van der Waals surface area contributed by atoms with E-state index in [0.717, 1.165) is 6.54 Å². The predicted octanol–water partition coefficient (Wildman–Crippen LogP) is 0.000000000000000777. The van der Waals surface area contributed by atoms with E-state index in [0.29, 0.717) is 29.4 Å². The lowest BCUT2D eigenvalue weighted by atomic mass is 10.1. The maximum Gasteiger partial charge on any atom is 0.220 e. The number of hydrogen-bond donors (Lipinski definition) is 1. The maximum atomic E-state index is 12.7. The molecule has 0 atom stereocenters. The highest BCUT2D eigenvalue weighted by Gasteiger charge is 2.24. The molecule has 0 aliphatic carbocycles. The van der Waals surface area contributed by atoms with Crippen molar-refractivity contribution < 1.29 is 9.53 Å². The third kappa shape index (κ3) is 2.89. The molecule has 2 aromatic heterocycles. The number of rotatable bonds is 6. The van der Waals surface area contributed by atoms with Crippen LogP contribution in [0.2, 0.25) is 0 Å². The van der Waals surface area contributed by atoms with Gasteiger partial charge in [0.1, 0.15) is 5.82 Å². The molecule has 0 fully saturated rings. The molecule has 0 spiro atoms. The molecule has 0 saturated heterocycles. The smallest absolute Gasteiger partial charge is 0.220 e. The van der Waals surface area contributed by atoms with Crippen LogP contribution in [0.4, 0.5) is 5.82 Å². The van der Waals surface area contributed by atoms with Crippen molar-refractivity contribution in [1.29, 1.82) is 0 Å². The largest absolute Gasteiger partial charge is 0.493 e. The normalized spacial score (nSPS) is 11.1. The molecule has 8 heteroatoms. The minimum absolute atomic E-state index is 0.242. The topological polar surface area (TPSA) is 91.2 Å². The average molecular weight is 292 g/mol. The van der Waals surface area contributed by atoms with Gasteiger partial charge in [0.2, 0.25) is 5.78 Å². The molecule has 2 aromatic rings. The molecule has 0 bridgehead atoms. The van der Waals surface area contributed by atoms with E-state index >= 15 is 0 Å². The number of methoxy groups -OCH3 is 1. The van der Waals surface area contributed by atoms with E-state index in [9.17, 15) is 4.79 Å². The number of hydrogen-bond acceptors (Lipinski definition) is 6. The van der Waals surface area contributed by atoms with Crippen LogP contribution in [0.1, 0.15) is 16.1 Å². The predicted molar refractivity (Wildman–Crippen MR) is 78.4 cm³/mol. The molecule has 0 radical (unpaired) electrons. The van der Waals surface area contributed by atoms with Crippen LogP contribution in [0.3, 0.4) is 0 Å². The number of anilines is 1. The van der Waals surface area contributed by atoms with Gasteiger partial charge in [-0.15, -0.1) is 0 Å². The first-order valence-corrected chi connectivity index (χ1v) is 6.52. The Morgan fingerprint density at radius 1 is 1.38 bits per heavy atom. The van der Waals surface area contributed by atoms with Crippen LogP contribution in [0.15, 0.2) is 12.4 Å². The molecule has 0 aliphatic heterocycles. The summed E-state index contributed by atoms with van der Waals surface area (Å²) in [5, 5.41) is 8.22. The van der Waals surface area contributed by atoms with E-state index in [1.165, 1.54) is 24.2 Å². The molecule has 2 rings (SSSR count). The SMILES string of the molecule is COc1cnn(CCN(C)C)c1C(=O)c1cnn(C)c1N. The number of nitrogens with two attached hydrogens (primary N) is 1. The van der Waals surface area contributed by atoms with E-state index in [4.69, 9.17) is 10.5 Å². The lowest BCUT2D eigenvalue weighted by Gasteiger charge is -2.12. The van der Waals surface area contributed by atoms with Gasteiger partial charge in [-0.2, -0.15) is 10.2 Å². The molecule has 0 saturated carbocycles. The van der Waals surface area contributed by atoms with Crippen molar-refractivity contribution in [3.05, 3.63) is 23.7 Å². The van der Waals surface area contributed by atoms with Gasteiger partial charge in [-0.25, -0.2) is 0 Å². The highest BCUT2D eigenvalue weighted by atomic mass is 16.5. The molecule has 0 aliphatic rings. The Hall–Kier alpha value is -2.35. The van der Waals surface area contributed by atoms with Crippen LogP contribution in [0, 0.1) is 0 Å². The van der Waals surface area contributed by atoms with Crippen LogP contribution < -0.4 is 10.5 Å². The number of aromatic nitrogens is 4. The van der Waals surface area contributed by atoms with E-state index < -0.39 is 0 Å².